The van der Waals surface area contributed by atoms with Crippen molar-refractivity contribution in [2.45, 2.75) is 0 Å². The third-order valence-electron chi connectivity index (χ3n) is 13.4. The molecule has 0 fully saturated rings. The van der Waals surface area contributed by atoms with E-state index in [2.05, 4.69) is 143 Å². The summed E-state index contributed by atoms with van der Waals surface area (Å²) in [5.41, 5.74) is 11.0. The van der Waals surface area contributed by atoms with E-state index in [0.29, 0.717) is 34.9 Å². The molecule has 0 amide bonds. The van der Waals surface area contributed by atoms with Gasteiger partial charge in [-0.15, -0.1) is 0 Å². The monoisotopic (exact) mass is 920 g/mol. The molecule has 14 rings (SSSR count). The summed E-state index contributed by atoms with van der Waals surface area (Å²) in [6, 6.07) is 62.1. The molecule has 0 aliphatic heterocycles. The van der Waals surface area contributed by atoms with Crippen LogP contribution in [0, 0.1) is 0 Å². The van der Waals surface area contributed by atoms with Crippen molar-refractivity contribution in [1.82, 2.24) is 49.8 Å². The average Bonchev–Trinajstić information content (AvgIpc) is 3.46. The summed E-state index contributed by atoms with van der Waals surface area (Å²) < 4.78 is 0. The molecule has 0 radical (unpaired) electrons. The molecule has 14 aromatic rings. The molecule has 6 aromatic heterocycles. The van der Waals surface area contributed by atoms with Crippen LogP contribution < -0.4 is 0 Å². The molecule has 0 unspecified atom stereocenters. The number of aromatic nitrogens is 10. The molecule has 0 saturated heterocycles. The minimum Gasteiger partial charge on any atom is -0.264 e. The fraction of sp³-hybridized carbons (Fsp3) is 0. The van der Waals surface area contributed by atoms with Gasteiger partial charge in [0.2, 0.25) is 0 Å². The molecule has 72 heavy (non-hydrogen) atoms. The third kappa shape index (κ3) is 7.04. The number of benzene rings is 8. The minimum absolute atomic E-state index is 0.540. The van der Waals surface area contributed by atoms with Gasteiger partial charge in [-0.2, -0.15) is 0 Å². The number of pyridine rings is 4. The first-order chi connectivity index (χ1) is 35.7. The SMILES string of the molecule is c1cncc(-c2ccc(-c3nc(-c4ccc5ccc6c(-c7nc(-c8ccc(-c9cccnc9)cc8)nc(-c8cccc9cccnc89)n7)ccc7ccc4c5c76)nc(-c4cccc5cccnc45)n3)cc2)c1. The number of hydrogen-bond donors (Lipinski definition) is 0. The Kier molecular flexibility index (Phi) is 9.59. The van der Waals surface area contributed by atoms with Gasteiger partial charge in [-0.05, 0) is 103 Å². The lowest BCUT2D eigenvalue weighted by Crippen LogP contribution is -2.02. The Balaban J connectivity index is 0.952. The number of para-hydroxylation sites is 2. The molecule has 334 valence electrons. The van der Waals surface area contributed by atoms with Crippen molar-refractivity contribution in [2.24, 2.45) is 0 Å². The number of hydrogen-bond acceptors (Lipinski definition) is 10. The average molecular weight is 921 g/mol. The van der Waals surface area contributed by atoms with E-state index in [1.807, 2.05) is 73.3 Å². The Bertz CT molecular complexity index is 4080. The van der Waals surface area contributed by atoms with Gasteiger partial charge < -0.3 is 0 Å². The van der Waals surface area contributed by atoms with Crippen LogP contribution in [0.15, 0.2) is 219 Å². The molecule has 0 spiro atoms. The minimum atomic E-state index is 0.540. The van der Waals surface area contributed by atoms with Crippen molar-refractivity contribution in [1.29, 1.82) is 0 Å². The summed E-state index contributed by atoms with van der Waals surface area (Å²) in [5.74, 6) is 3.31. The molecule has 6 heterocycles. The maximum atomic E-state index is 5.28. The van der Waals surface area contributed by atoms with E-state index in [9.17, 15) is 0 Å². The van der Waals surface area contributed by atoms with Gasteiger partial charge in [0.05, 0.1) is 11.0 Å². The quantitative estimate of drug-likeness (QED) is 0.136. The van der Waals surface area contributed by atoms with Crippen LogP contribution in [0.25, 0.3) is 145 Å². The highest BCUT2D eigenvalue weighted by atomic mass is 15.0. The zero-order valence-electron chi connectivity index (χ0n) is 38.3. The van der Waals surface area contributed by atoms with E-state index in [4.69, 9.17) is 39.9 Å². The van der Waals surface area contributed by atoms with Crippen LogP contribution in [0.1, 0.15) is 0 Å². The van der Waals surface area contributed by atoms with E-state index in [-0.39, 0.29) is 0 Å². The number of nitrogens with zero attached hydrogens (tertiary/aromatic N) is 10. The first kappa shape index (κ1) is 41.0. The zero-order chi connectivity index (χ0) is 47.5. The van der Waals surface area contributed by atoms with Gasteiger partial charge in [-0.25, -0.2) is 29.9 Å². The molecular formula is C62H36N10. The Hall–Kier alpha value is -10.1. The van der Waals surface area contributed by atoms with Crippen molar-refractivity contribution in [3.05, 3.63) is 219 Å². The Morgan fingerprint density at radius 2 is 0.611 bits per heavy atom. The molecular weight excluding hydrogens is 885 g/mol. The summed E-state index contributed by atoms with van der Waals surface area (Å²) in [4.78, 5) is 49.6. The maximum Gasteiger partial charge on any atom is 0.166 e. The molecule has 10 nitrogen and oxygen atoms in total. The van der Waals surface area contributed by atoms with Crippen LogP contribution in [0.3, 0.4) is 0 Å². The van der Waals surface area contributed by atoms with Gasteiger partial charge in [0, 0.05) is 81.3 Å². The lowest BCUT2D eigenvalue weighted by atomic mass is 9.89. The summed E-state index contributed by atoms with van der Waals surface area (Å²) in [7, 11) is 0. The van der Waals surface area contributed by atoms with Crippen molar-refractivity contribution in [2.75, 3.05) is 0 Å². The Morgan fingerprint density at radius 3 is 1.04 bits per heavy atom. The predicted octanol–water partition coefficient (Wildman–Crippen LogP) is 14.2. The lowest BCUT2D eigenvalue weighted by molar-refractivity contribution is 1.08. The van der Waals surface area contributed by atoms with Crippen LogP contribution in [-0.4, -0.2) is 49.8 Å². The van der Waals surface area contributed by atoms with Crippen molar-refractivity contribution < 1.29 is 0 Å². The predicted molar refractivity (Wildman–Crippen MR) is 287 cm³/mol. The first-order valence-corrected chi connectivity index (χ1v) is 23.6. The summed E-state index contributed by atoms with van der Waals surface area (Å²) in [5, 5.41) is 8.41. The van der Waals surface area contributed by atoms with E-state index in [1.165, 1.54) is 0 Å². The van der Waals surface area contributed by atoms with Crippen LogP contribution in [0.4, 0.5) is 0 Å². The van der Waals surface area contributed by atoms with Gasteiger partial charge in [0.15, 0.2) is 34.9 Å². The van der Waals surface area contributed by atoms with E-state index < -0.39 is 0 Å². The molecule has 0 aliphatic carbocycles. The Labute approximate surface area is 411 Å². The summed E-state index contributed by atoms with van der Waals surface area (Å²) in [6.45, 7) is 0. The molecule has 0 aliphatic rings. The largest absolute Gasteiger partial charge is 0.264 e. The lowest BCUT2D eigenvalue weighted by Gasteiger charge is -2.17. The van der Waals surface area contributed by atoms with Crippen molar-refractivity contribution >= 4 is 54.1 Å². The number of rotatable bonds is 8. The van der Waals surface area contributed by atoms with Gasteiger partial charge in [0.25, 0.3) is 0 Å². The molecule has 0 N–H and O–H groups in total. The van der Waals surface area contributed by atoms with E-state index in [0.717, 1.165) is 110 Å². The molecule has 0 atom stereocenters. The Morgan fingerprint density at radius 1 is 0.236 bits per heavy atom. The summed E-state index contributed by atoms with van der Waals surface area (Å²) in [6.07, 6.45) is 10.9. The highest BCUT2D eigenvalue weighted by molar-refractivity contribution is 6.27. The highest BCUT2D eigenvalue weighted by Gasteiger charge is 2.22. The second kappa shape index (κ2) is 16.9. The first-order valence-electron chi connectivity index (χ1n) is 23.6. The van der Waals surface area contributed by atoms with Crippen molar-refractivity contribution in [3.8, 4) is 90.6 Å². The van der Waals surface area contributed by atoms with Gasteiger partial charge in [-0.3, -0.25) is 19.9 Å². The van der Waals surface area contributed by atoms with Crippen LogP contribution in [0.5, 0.6) is 0 Å². The third-order valence-corrected chi connectivity index (χ3v) is 13.4. The van der Waals surface area contributed by atoms with Crippen molar-refractivity contribution in [3.63, 3.8) is 0 Å². The van der Waals surface area contributed by atoms with Crippen LogP contribution >= 0.6 is 0 Å². The van der Waals surface area contributed by atoms with Gasteiger partial charge in [0.1, 0.15) is 0 Å². The zero-order valence-corrected chi connectivity index (χ0v) is 38.3. The molecule has 0 saturated carbocycles. The second-order valence-electron chi connectivity index (χ2n) is 17.7. The smallest absolute Gasteiger partial charge is 0.166 e. The maximum absolute atomic E-state index is 5.28. The fourth-order valence-electron chi connectivity index (χ4n) is 9.94. The van der Waals surface area contributed by atoms with Gasteiger partial charge >= 0.3 is 0 Å². The van der Waals surface area contributed by atoms with Gasteiger partial charge in [-0.1, -0.05) is 133 Å². The molecule has 0 bridgehead atoms. The summed E-state index contributed by atoms with van der Waals surface area (Å²) >= 11 is 0. The number of fused-ring (bicyclic) bond motifs is 2. The van der Waals surface area contributed by atoms with E-state index >= 15 is 0 Å². The topological polar surface area (TPSA) is 129 Å². The van der Waals surface area contributed by atoms with E-state index in [1.54, 1.807) is 12.4 Å². The van der Waals surface area contributed by atoms with Crippen LogP contribution in [-0.2, 0) is 0 Å². The molecule has 8 aromatic carbocycles. The van der Waals surface area contributed by atoms with Crippen LogP contribution in [0.2, 0.25) is 0 Å². The molecule has 10 heteroatoms. The fourth-order valence-corrected chi connectivity index (χ4v) is 9.94. The second-order valence-corrected chi connectivity index (χ2v) is 17.7. The normalized spacial score (nSPS) is 11.6. The standard InChI is InChI=1S/C62H36N10/c1-7-41-9-5-33-65-55(41)51(13-1)61-69-57(43-19-15-37(16-20-43)45-11-3-31-63-35-45)67-59(71-61)49-29-25-39-24-28-48-50(30-26-40-23-27-47(49)53(39)54(40)48)60-68-58(44-21-17-38(18-22-44)46-12-4-32-64-36-46)70-62(72-60)52-14-2-8-42-10-6-34-66-56(42)52/h1-36H. The highest BCUT2D eigenvalue weighted by Crippen LogP contribution is 2.43.